The van der Waals surface area contributed by atoms with Gasteiger partial charge in [0.15, 0.2) is 17.5 Å². The lowest BCUT2D eigenvalue weighted by atomic mass is 9.67. The molecule has 3 heteroatoms. The molecule has 8 aromatic rings. The van der Waals surface area contributed by atoms with Crippen LogP contribution >= 0.6 is 0 Å². The van der Waals surface area contributed by atoms with Crippen LogP contribution in [0.4, 0.5) is 0 Å². The number of nitrogens with zero attached hydrogens (tertiary/aromatic N) is 3. The topological polar surface area (TPSA) is 38.7 Å². The number of fused-ring (bicyclic) bond motifs is 3. The maximum Gasteiger partial charge on any atom is 0.164 e. The molecule has 1 aliphatic rings. The third-order valence-corrected chi connectivity index (χ3v) is 9.61. The molecule has 0 saturated carbocycles. The van der Waals surface area contributed by atoms with Gasteiger partial charge in [0.25, 0.3) is 0 Å². The Bertz CT molecular complexity index is 2380. The summed E-state index contributed by atoms with van der Waals surface area (Å²) < 4.78 is 0. The van der Waals surface area contributed by atoms with Gasteiger partial charge in [-0.15, -0.1) is 0 Å². The number of benzene rings is 7. The Morgan fingerprint density at radius 3 is 1.37 bits per heavy atom. The maximum atomic E-state index is 5.15. The van der Waals surface area contributed by atoms with Gasteiger partial charge in [-0.25, -0.2) is 15.0 Å². The van der Waals surface area contributed by atoms with E-state index >= 15 is 0 Å². The van der Waals surface area contributed by atoms with Crippen molar-refractivity contribution in [1.82, 2.24) is 15.0 Å². The zero-order valence-corrected chi connectivity index (χ0v) is 26.7. The third-order valence-electron chi connectivity index (χ3n) is 9.61. The van der Waals surface area contributed by atoms with Crippen LogP contribution in [0.2, 0.25) is 0 Å². The van der Waals surface area contributed by atoms with Gasteiger partial charge >= 0.3 is 0 Å². The Balaban J connectivity index is 1.25. The Hall–Kier alpha value is -6.45. The molecule has 0 radical (unpaired) electrons. The van der Waals surface area contributed by atoms with E-state index in [-0.39, 0.29) is 0 Å². The lowest BCUT2D eigenvalue weighted by molar-refractivity contribution is 0.768. The minimum Gasteiger partial charge on any atom is -0.208 e. The molecule has 1 aromatic heterocycles. The number of hydrogen-bond donors (Lipinski definition) is 0. The largest absolute Gasteiger partial charge is 0.208 e. The first-order valence-electron chi connectivity index (χ1n) is 16.6. The highest BCUT2D eigenvalue weighted by atomic mass is 15.0. The fourth-order valence-corrected chi connectivity index (χ4v) is 7.41. The average molecular weight is 626 g/mol. The third kappa shape index (κ3) is 4.87. The molecule has 0 atom stereocenters. The van der Waals surface area contributed by atoms with Crippen molar-refractivity contribution in [3.8, 4) is 56.4 Å². The summed E-state index contributed by atoms with van der Waals surface area (Å²) >= 11 is 0. The highest BCUT2D eigenvalue weighted by Crippen LogP contribution is 2.56. The van der Waals surface area contributed by atoms with Crippen molar-refractivity contribution in [2.45, 2.75) is 5.41 Å². The fourth-order valence-electron chi connectivity index (χ4n) is 7.41. The molecule has 1 aliphatic carbocycles. The van der Waals surface area contributed by atoms with Crippen LogP contribution in [0.3, 0.4) is 0 Å². The normalized spacial score (nSPS) is 12.7. The SMILES string of the molecule is c1ccc(-c2cccc(-c3nc(-c4ccccc4)nc(-c4ccc5c(c4)-c4ccccc4C5(c4ccccc4)c4ccccc4)n3)c2)cc1. The number of hydrogen-bond acceptors (Lipinski definition) is 3. The van der Waals surface area contributed by atoms with Crippen molar-refractivity contribution in [2.24, 2.45) is 0 Å². The lowest BCUT2D eigenvalue weighted by Gasteiger charge is -2.33. The van der Waals surface area contributed by atoms with Gasteiger partial charge in [0.05, 0.1) is 5.41 Å². The van der Waals surface area contributed by atoms with Crippen LogP contribution in [-0.4, -0.2) is 15.0 Å². The van der Waals surface area contributed by atoms with E-state index in [9.17, 15) is 0 Å². The Morgan fingerprint density at radius 1 is 0.286 bits per heavy atom. The smallest absolute Gasteiger partial charge is 0.164 e. The molecule has 49 heavy (non-hydrogen) atoms. The van der Waals surface area contributed by atoms with E-state index in [1.807, 2.05) is 24.3 Å². The van der Waals surface area contributed by atoms with E-state index in [0.717, 1.165) is 27.8 Å². The first-order chi connectivity index (χ1) is 24.3. The molecule has 0 fully saturated rings. The summed E-state index contributed by atoms with van der Waals surface area (Å²) in [5.41, 5.74) is 12.1. The van der Waals surface area contributed by atoms with Crippen LogP contribution in [0.5, 0.6) is 0 Å². The van der Waals surface area contributed by atoms with Gasteiger partial charge in [0.1, 0.15) is 0 Å². The first-order valence-corrected chi connectivity index (χ1v) is 16.6. The molecular weight excluding hydrogens is 595 g/mol. The second-order valence-corrected chi connectivity index (χ2v) is 12.4. The van der Waals surface area contributed by atoms with E-state index in [1.165, 1.54) is 33.4 Å². The average Bonchev–Trinajstić information content (AvgIpc) is 3.49. The summed E-state index contributed by atoms with van der Waals surface area (Å²) in [5.74, 6) is 1.94. The van der Waals surface area contributed by atoms with Gasteiger partial charge in [0.2, 0.25) is 0 Å². The van der Waals surface area contributed by atoms with E-state index in [1.54, 1.807) is 0 Å². The van der Waals surface area contributed by atoms with Crippen molar-refractivity contribution in [3.05, 3.63) is 210 Å². The van der Waals surface area contributed by atoms with Crippen LogP contribution in [0.1, 0.15) is 22.3 Å². The summed E-state index contributed by atoms with van der Waals surface area (Å²) in [4.78, 5) is 15.3. The highest BCUT2D eigenvalue weighted by molar-refractivity contribution is 5.88. The zero-order valence-electron chi connectivity index (χ0n) is 26.7. The van der Waals surface area contributed by atoms with Gasteiger partial charge in [0, 0.05) is 16.7 Å². The molecule has 230 valence electrons. The van der Waals surface area contributed by atoms with E-state index in [4.69, 9.17) is 15.0 Å². The molecule has 0 unspecified atom stereocenters. The minimum absolute atomic E-state index is 0.454. The van der Waals surface area contributed by atoms with Gasteiger partial charge in [-0.05, 0) is 56.6 Å². The van der Waals surface area contributed by atoms with Crippen LogP contribution < -0.4 is 0 Å². The Labute approximate surface area is 286 Å². The van der Waals surface area contributed by atoms with Gasteiger partial charge in [-0.3, -0.25) is 0 Å². The molecule has 1 heterocycles. The number of aromatic nitrogens is 3. The van der Waals surface area contributed by atoms with Crippen molar-refractivity contribution >= 4 is 0 Å². The molecule has 0 aliphatic heterocycles. The molecule has 0 bridgehead atoms. The molecule has 0 amide bonds. The standard InChI is InChI=1S/C46H31N3/c1-5-16-32(17-6-1)34-20-15-21-35(30-34)44-47-43(33-18-7-2-8-19-33)48-45(49-44)36-28-29-42-40(31-36)39-26-13-14-27-41(39)46(42,37-22-9-3-10-23-37)38-24-11-4-12-25-38/h1-31H. The molecule has 0 spiro atoms. The van der Waals surface area contributed by atoms with Crippen molar-refractivity contribution in [2.75, 3.05) is 0 Å². The Kier molecular flexibility index (Phi) is 7.02. The predicted molar refractivity (Wildman–Crippen MR) is 199 cm³/mol. The molecule has 9 rings (SSSR count). The van der Waals surface area contributed by atoms with Crippen molar-refractivity contribution in [3.63, 3.8) is 0 Å². The molecule has 3 nitrogen and oxygen atoms in total. The van der Waals surface area contributed by atoms with Gasteiger partial charge in [-0.1, -0.05) is 176 Å². The van der Waals surface area contributed by atoms with Crippen LogP contribution in [0.15, 0.2) is 188 Å². The zero-order chi connectivity index (χ0) is 32.6. The molecule has 0 N–H and O–H groups in total. The second-order valence-electron chi connectivity index (χ2n) is 12.4. The number of rotatable bonds is 6. The van der Waals surface area contributed by atoms with E-state index < -0.39 is 5.41 Å². The molecular formula is C46H31N3. The van der Waals surface area contributed by atoms with Gasteiger partial charge in [-0.2, -0.15) is 0 Å². The summed E-state index contributed by atoms with van der Waals surface area (Å²) in [5, 5.41) is 0. The predicted octanol–water partition coefficient (Wildman–Crippen LogP) is 10.9. The Morgan fingerprint density at radius 2 is 0.735 bits per heavy atom. The van der Waals surface area contributed by atoms with Gasteiger partial charge < -0.3 is 0 Å². The van der Waals surface area contributed by atoms with Crippen molar-refractivity contribution in [1.29, 1.82) is 0 Å². The molecule has 7 aromatic carbocycles. The van der Waals surface area contributed by atoms with E-state index in [2.05, 4.69) is 164 Å². The summed E-state index contributed by atoms with van der Waals surface area (Å²) in [6.45, 7) is 0. The second kappa shape index (κ2) is 12.0. The molecule has 0 saturated heterocycles. The minimum atomic E-state index is -0.454. The summed E-state index contributed by atoms with van der Waals surface area (Å²) in [6.07, 6.45) is 0. The lowest BCUT2D eigenvalue weighted by Crippen LogP contribution is -2.28. The highest BCUT2D eigenvalue weighted by Gasteiger charge is 2.46. The van der Waals surface area contributed by atoms with Crippen LogP contribution in [0.25, 0.3) is 56.4 Å². The van der Waals surface area contributed by atoms with E-state index in [0.29, 0.717) is 17.5 Å². The summed E-state index contributed by atoms with van der Waals surface area (Å²) in [7, 11) is 0. The first kappa shape index (κ1) is 28.7. The maximum absolute atomic E-state index is 5.15. The van der Waals surface area contributed by atoms with Crippen molar-refractivity contribution < 1.29 is 0 Å². The monoisotopic (exact) mass is 625 g/mol. The van der Waals surface area contributed by atoms with Crippen LogP contribution in [0, 0.1) is 0 Å². The fraction of sp³-hybridized carbons (Fsp3) is 0.0217. The summed E-state index contributed by atoms with van der Waals surface area (Å²) in [6, 6.07) is 66.3. The quantitative estimate of drug-likeness (QED) is 0.185. The van der Waals surface area contributed by atoms with Crippen LogP contribution in [-0.2, 0) is 5.41 Å².